The fraction of sp³-hybridized carbons (Fsp3) is 0.538. The SMILES string of the molecule is CCc1cc(C(C)(O)C(F)(F)F)ccc1-c1ccc(CN2CC3CCC(C2)N3S(C)(=O)=O)cc1C. The van der Waals surface area contributed by atoms with Crippen molar-refractivity contribution in [2.75, 3.05) is 19.3 Å². The maximum absolute atomic E-state index is 13.3. The Morgan fingerprint density at radius 3 is 2.14 bits per heavy atom. The second kappa shape index (κ2) is 9.18. The van der Waals surface area contributed by atoms with Gasteiger partial charge in [-0.3, -0.25) is 4.90 Å². The number of hydrogen-bond donors (Lipinski definition) is 1. The molecular formula is C26H33F3N2O3S. The predicted octanol–water partition coefficient (Wildman–Crippen LogP) is 4.60. The molecule has 3 unspecified atom stereocenters. The summed E-state index contributed by atoms with van der Waals surface area (Å²) in [7, 11) is -3.20. The van der Waals surface area contributed by atoms with E-state index in [1.54, 1.807) is 10.4 Å². The van der Waals surface area contributed by atoms with Crippen molar-refractivity contribution in [1.82, 2.24) is 9.21 Å². The maximum Gasteiger partial charge on any atom is 0.421 e. The molecule has 2 bridgehead atoms. The zero-order chi connectivity index (χ0) is 25.8. The molecule has 0 aliphatic carbocycles. The largest absolute Gasteiger partial charge is 0.421 e. The van der Waals surface area contributed by atoms with E-state index in [2.05, 4.69) is 11.0 Å². The number of hydrogen-bond acceptors (Lipinski definition) is 4. The molecule has 2 saturated heterocycles. The van der Waals surface area contributed by atoms with Crippen LogP contribution in [0.5, 0.6) is 0 Å². The predicted molar refractivity (Wildman–Crippen MR) is 130 cm³/mol. The molecule has 35 heavy (non-hydrogen) atoms. The summed E-state index contributed by atoms with van der Waals surface area (Å²) in [6.45, 7) is 6.81. The Morgan fingerprint density at radius 1 is 1.03 bits per heavy atom. The van der Waals surface area contributed by atoms with E-state index < -0.39 is 21.8 Å². The van der Waals surface area contributed by atoms with Crippen molar-refractivity contribution in [3.05, 3.63) is 58.7 Å². The summed E-state index contributed by atoms with van der Waals surface area (Å²) >= 11 is 0. The van der Waals surface area contributed by atoms with E-state index in [1.165, 1.54) is 18.4 Å². The van der Waals surface area contributed by atoms with Crippen LogP contribution in [-0.4, -0.2) is 60.3 Å². The van der Waals surface area contributed by atoms with Crippen LogP contribution in [0.1, 0.15) is 48.9 Å². The van der Waals surface area contributed by atoms with Crippen LogP contribution < -0.4 is 0 Å². The van der Waals surface area contributed by atoms with Gasteiger partial charge in [0.15, 0.2) is 5.60 Å². The lowest BCUT2D eigenvalue weighted by Crippen LogP contribution is -2.54. The monoisotopic (exact) mass is 510 g/mol. The van der Waals surface area contributed by atoms with Gasteiger partial charge < -0.3 is 5.11 Å². The number of nitrogens with zero attached hydrogens (tertiary/aromatic N) is 2. The van der Waals surface area contributed by atoms with Gasteiger partial charge >= 0.3 is 6.18 Å². The minimum Gasteiger partial charge on any atom is -0.376 e. The lowest BCUT2D eigenvalue weighted by molar-refractivity contribution is -0.258. The van der Waals surface area contributed by atoms with Crippen LogP contribution in [0.4, 0.5) is 13.2 Å². The standard InChI is InChI=1S/C26H33F3N2O3S/c1-5-19-13-20(25(3,32)26(27,28)29)7-11-24(19)23-10-6-18(12-17(23)2)14-30-15-21-8-9-22(16-30)31(21)35(4,33)34/h6-7,10-13,21-22,32H,5,8-9,14-16H2,1-4H3. The summed E-state index contributed by atoms with van der Waals surface area (Å²) in [6.07, 6.45) is -1.15. The van der Waals surface area contributed by atoms with Gasteiger partial charge in [0.1, 0.15) is 0 Å². The first-order chi connectivity index (χ1) is 16.2. The number of rotatable bonds is 6. The van der Waals surface area contributed by atoms with Crippen LogP contribution in [0.25, 0.3) is 11.1 Å². The second-order valence-electron chi connectivity index (χ2n) is 10.1. The Kier molecular flexibility index (Phi) is 6.85. The van der Waals surface area contributed by atoms with Crippen LogP contribution in [-0.2, 0) is 28.6 Å². The zero-order valence-corrected chi connectivity index (χ0v) is 21.4. The van der Waals surface area contributed by atoms with Gasteiger partial charge in [0, 0.05) is 31.7 Å². The molecule has 5 nitrogen and oxygen atoms in total. The number of piperazine rings is 1. The van der Waals surface area contributed by atoms with Gasteiger partial charge in [0.05, 0.1) is 6.26 Å². The Hall–Kier alpha value is -1.94. The average molecular weight is 511 g/mol. The number of aryl methyl sites for hydroxylation is 2. The van der Waals surface area contributed by atoms with Crippen LogP contribution in [0, 0.1) is 6.92 Å². The maximum atomic E-state index is 13.3. The number of fused-ring (bicyclic) bond motifs is 2. The number of sulfonamides is 1. The minimum absolute atomic E-state index is 0.0312. The Labute approximate surface area is 205 Å². The van der Waals surface area contributed by atoms with E-state index in [0.717, 1.165) is 54.1 Å². The molecule has 0 saturated carbocycles. The highest BCUT2D eigenvalue weighted by Gasteiger charge is 2.51. The van der Waals surface area contributed by atoms with E-state index in [9.17, 15) is 26.7 Å². The first kappa shape index (κ1) is 26.1. The molecule has 9 heteroatoms. The van der Waals surface area contributed by atoms with E-state index in [-0.39, 0.29) is 17.6 Å². The van der Waals surface area contributed by atoms with E-state index in [4.69, 9.17) is 0 Å². The summed E-state index contributed by atoms with van der Waals surface area (Å²) in [5.74, 6) is 0. The molecule has 2 aliphatic rings. The topological polar surface area (TPSA) is 60.9 Å². The summed E-state index contributed by atoms with van der Waals surface area (Å²) in [5.41, 5.74) is 1.62. The summed E-state index contributed by atoms with van der Waals surface area (Å²) in [6, 6.07) is 10.7. The molecule has 0 spiro atoms. The van der Waals surface area contributed by atoms with Crippen LogP contribution in [0.15, 0.2) is 36.4 Å². The molecular weight excluding hydrogens is 477 g/mol. The number of aliphatic hydroxyl groups is 1. The molecule has 0 radical (unpaired) electrons. The average Bonchev–Trinajstić information content (AvgIpc) is 3.05. The number of benzene rings is 2. The van der Waals surface area contributed by atoms with E-state index >= 15 is 0 Å². The Balaban J connectivity index is 1.54. The molecule has 1 N–H and O–H groups in total. The summed E-state index contributed by atoms with van der Waals surface area (Å²) in [4.78, 5) is 2.31. The molecule has 2 aromatic rings. The lowest BCUT2D eigenvalue weighted by Gasteiger charge is -2.39. The van der Waals surface area contributed by atoms with Crippen molar-refractivity contribution in [1.29, 1.82) is 0 Å². The van der Waals surface area contributed by atoms with Crippen LogP contribution in [0.3, 0.4) is 0 Å². The molecule has 0 aromatic heterocycles. The second-order valence-corrected chi connectivity index (χ2v) is 12.0. The van der Waals surface area contributed by atoms with Crippen LogP contribution >= 0.6 is 0 Å². The third kappa shape index (κ3) is 5.01. The first-order valence-electron chi connectivity index (χ1n) is 12.0. The smallest absolute Gasteiger partial charge is 0.376 e. The fourth-order valence-corrected chi connectivity index (χ4v) is 7.05. The number of likely N-dealkylation sites (tertiary alicyclic amines) is 1. The molecule has 2 aliphatic heterocycles. The van der Waals surface area contributed by atoms with E-state index in [0.29, 0.717) is 19.5 Å². The Bertz CT molecular complexity index is 1200. The van der Waals surface area contributed by atoms with Gasteiger partial charge in [-0.25, -0.2) is 8.42 Å². The van der Waals surface area contributed by atoms with Crippen molar-refractivity contribution in [2.45, 2.75) is 70.4 Å². The quantitative estimate of drug-likeness (QED) is 0.617. The molecule has 0 amide bonds. The van der Waals surface area contributed by atoms with Gasteiger partial charge in [-0.1, -0.05) is 43.3 Å². The molecule has 2 aromatic carbocycles. The molecule has 192 valence electrons. The molecule has 4 rings (SSSR count). The third-order valence-corrected chi connectivity index (χ3v) is 8.82. The number of alkyl halides is 3. The fourth-order valence-electron chi connectivity index (χ4n) is 5.62. The molecule has 3 atom stereocenters. The van der Waals surface area contributed by atoms with Gasteiger partial charge in [-0.15, -0.1) is 0 Å². The van der Waals surface area contributed by atoms with Crippen LogP contribution in [0.2, 0.25) is 0 Å². The van der Waals surface area contributed by atoms with Crippen molar-refractivity contribution >= 4 is 10.0 Å². The minimum atomic E-state index is -4.76. The van der Waals surface area contributed by atoms with E-state index in [1.807, 2.05) is 26.0 Å². The van der Waals surface area contributed by atoms with Gasteiger partial charge in [0.2, 0.25) is 10.0 Å². The van der Waals surface area contributed by atoms with Gasteiger partial charge in [0.25, 0.3) is 0 Å². The van der Waals surface area contributed by atoms with Crippen molar-refractivity contribution < 1.29 is 26.7 Å². The highest BCUT2D eigenvalue weighted by molar-refractivity contribution is 7.88. The first-order valence-corrected chi connectivity index (χ1v) is 13.8. The summed E-state index contributed by atoms with van der Waals surface area (Å²) in [5, 5.41) is 10.1. The van der Waals surface area contributed by atoms with Gasteiger partial charge in [-0.2, -0.15) is 17.5 Å². The normalized spacial score (nSPS) is 23.4. The van der Waals surface area contributed by atoms with Crippen molar-refractivity contribution in [3.63, 3.8) is 0 Å². The van der Waals surface area contributed by atoms with Gasteiger partial charge in [-0.05, 0) is 66.5 Å². The zero-order valence-electron chi connectivity index (χ0n) is 20.6. The Morgan fingerprint density at radius 2 is 1.63 bits per heavy atom. The number of halogens is 3. The molecule has 2 heterocycles. The molecule has 2 fully saturated rings. The highest BCUT2D eigenvalue weighted by Crippen LogP contribution is 2.40. The van der Waals surface area contributed by atoms with Crippen molar-refractivity contribution in [3.8, 4) is 11.1 Å². The third-order valence-electron chi connectivity index (χ3n) is 7.46. The van der Waals surface area contributed by atoms with Crippen molar-refractivity contribution in [2.24, 2.45) is 0 Å². The highest BCUT2D eigenvalue weighted by atomic mass is 32.2. The lowest BCUT2D eigenvalue weighted by atomic mass is 9.87. The summed E-state index contributed by atoms with van der Waals surface area (Å²) < 4.78 is 65.9.